The van der Waals surface area contributed by atoms with Gasteiger partial charge in [0, 0.05) is 18.3 Å². The molecule has 2 aromatic carbocycles. The van der Waals surface area contributed by atoms with Gasteiger partial charge in [-0.1, -0.05) is 12.1 Å². The maximum Gasteiger partial charge on any atom is 0.261 e. The number of carbonyl (C=O) groups is 3. The number of ether oxygens (including phenoxy) is 2. The number of carbonyl (C=O) groups excluding carboxylic acids is 3. The Labute approximate surface area is 186 Å². The van der Waals surface area contributed by atoms with Gasteiger partial charge in [-0.25, -0.2) is 0 Å². The Bertz CT molecular complexity index is 943. The molecule has 2 aromatic rings. The second-order valence-electron chi connectivity index (χ2n) is 7.09. The molecular weight excluding hydrogens is 416 g/mol. The molecule has 0 bridgehead atoms. The fourth-order valence-corrected chi connectivity index (χ4v) is 4.24. The van der Waals surface area contributed by atoms with Gasteiger partial charge in [-0.3, -0.25) is 19.3 Å². The zero-order valence-corrected chi connectivity index (χ0v) is 18.7. The van der Waals surface area contributed by atoms with Crippen molar-refractivity contribution >= 4 is 35.2 Å². The number of methoxy groups -OCH3 is 2. The lowest BCUT2D eigenvalue weighted by Crippen LogP contribution is -2.30. The molecule has 0 aliphatic carbocycles. The average Bonchev–Trinajstić information content (AvgIpc) is 3.03. The normalized spacial score (nSPS) is 13.7. The van der Waals surface area contributed by atoms with E-state index >= 15 is 0 Å². The van der Waals surface area contributed by atoms with Gasteiger partial charge in [-0.15, -0.1) is 11.8 Å². The van der Waals surface area contributed by atoms with Gasteiger partial charge < -0.3 is 14.8 Å². The lowest BCUT2D eigenvalue weighted by atomic mass is 10.1. The summed E-state index contributed by atoms with van der Waals surface area (Å²) in [7, 11) is 3.10. The number of amides is 3. The van der Waals surface area contributed by atoms with Gasteiger partial charge in [0.15, 0.2) is 11.5 Å². The molecule has 164 valence electrons. The number of imide groups is 1. The SMILES string of the molecule is COc1ccc(NC(=O)C(C)SCCCCN2C(=O)c3ccccc3C2=O)cc1OC. The molecule has 31 heavy (non-hydrogen) atoms. The smallest absolute Gasteiger partial charge is 0.261 e. The molecule has 1 N–H and O–H groups in total. The van der Waals surface area contributed by atoms with Crippen LogP contribution in [0.3, 0.4) is 0 Å². The highest BCUT2D eigenvalue weighted by Crippen LogP contribution is 2.30. The minimum absolute atomic E-state index is 0.0995. The number of hydrogen-bond acceptors (Lipinski definition) is 6. The fraction of sp³-hybridized carbons (Fsp3) is 0.348. The summed E-state index contributed by atoms with van der Waals surface area (Å²) in [5.41, 5.74) is 1.59. The summed E-state index contributed by atoms with van der Waals surface area (Å²) in [5.74, 6) is 1.35. The summed E-state index contributed by atoms with van der Waals surface area (Å²) in [6.45, 7) is 2.24. The highest BCUT2D eigenvalue weighted by atomic mass is 32.2. The lowest BCUT2D eigenvalue weighted by molar-refractivity contribution is -0.115. The van der Waals surface area contributed by atoms with Crippen molar-refractivity contribution in [3.63, 3.8) is 0 Å². The second-order valence-corrected chi connectivity index (χ2v) is 8.54. The summed E-state index contributed by atoms with van der Waals surface area (Å²) in [4.78, 5) is 38.5. The Morgan fingerprint density at radius 1 is 1.00 bits per heavy atom. The van der Waals surface area contributed by atoms with Crippen LogP contribution >= 0.6 is 11.8 Å². The first-order valence-electron chi connectivity index (χ1n) is 10.1. The molecule has 3 amide bonds. The maximum absolute atomic E-state index is 12.4. The van der Waals surface area contributed by atoms with Gasteiger partial charge in [0.25, 0.3) is 11.8 Å². The zero-order valence-electron chi connectivity index (χ0n) is 17.8. The number of thioether (sulfide) groups is 1. The third-order valence-electron chi connectivity index (χ3n) is 5.04. The van der Waals surface area contributed by atoms with Gasteiger partial charge in [0.1, 0.15) is 0 Å². The van der Waals surface area contributed by atoms with Crippen LogP contribution < -0.4 is 14.8 Å². The van der Waals surface area contributed by atoms with Crippen molar-refractivity contribution in [1.29, 1.82) is 0 Å². The van der Waals surface area contributed by atoms with E-state index in [0.717, 1.165) is 12.2 Å². The van der Waals surface area contributed by atoms with Crippen LogP contribution in [0.4, 0.5) is 5.69 Å². The number of rotatable bonds is 10. The summed E-state index contributed by atoms with van der Waals surface area (Å²) in [6, 6.07) is 12.1. The van der Waals surface area contributed by atoms with E-state index in [0.29, 0.717) is 41.3 Å². The Hall–Kier alpha value is -3.00. The molecular formula is C23H26N2O5S. The molecule has 1 aliphatic heterocycles. The van der Waals surface area contributed by atoms with Crippen molar-refractivity contribution in [3.05, 3.63) is 53.6 Å². The van der Waals surface area contributed by atoms with Gasteiger partial charge in [-0.05, 0) is 49.8 Å². The molecule has 0 saturated carbocycles. The standard InChI is InChI=1S/C23H26N2O5S/c1-15(21(26)24-16-10-11-19(29-2)20(14-16)30-3)31-13-7-6-12-25-22(27)17-8-4-5-9-18(17)23(25)28/h4-5,8-11,14-15H,6-7,12-13H2,1-3H3,(H,24,26). The summed E-state index contributed by atoms with van der Waals surface area (Å²) in [5, 5.41) is 2.64. The third-order valence-corrected chi connectivity index (χ3v) is 6.28. The topological polar surface area (TPSA) is 84.9 Å². The number of fused-ring (bicyclic) bond motifs is 1. The van der Waals surface area contributed by atoms with Crippen molar-refractivity contribution in [2.75, 3.05) is 31.8 Å². The van der Waals surface area contributed by atoms with Gasteiger partial charge in [0.2, 0.25) is 5.91 Å². The van der Waals surface area contributed by atoms with E-state index in [4.69, 9.17) is 9.47 Å². The van der Waals surface area contributed by atoms with E-state index in [9.17, 15) is 14.4 Å². The molecule has 0 aromatic heterocycles. The van der Waals surface area contributed by atoms with Crippen LogP contribution in [0, 0.1) is 0 Å². The van der Waals surface area contributed by atoms with Crippen molar-refractivity contribution in [3.8, 4) is 11.5 Å². The largest absolute Gasteiger partial charge is 0.493 e. The molecule has 0 radical (unpaired) electrons. The quantitative estimate of drug-likeness (QED) is 0.445. The molecule has 8 heteroatoms. The van der Waals surface area contributed by atoms with E-state index in [1.54, 1.807) is 56.7 Å². The van der Waals surface area contributed by atoms with Crippen LogP contribution in [0.1, 0.15) is 40.5 Å². The van der Waals surface area contributed by atoms with E-state index in [2.05, 4.69) is 5.32 Å². The van der Waals surface area contributed by atoms with Crippen LogP contribution in [0.15, 0.2) is 42.5 Å². The van der Waals surface area contributed by atoms with Crippen LogP contribution in [0.2, 0.25) is 0 Å². The predicted molar refractivity (Wildman–Crippen MR) is 121 cm³/mol. The summed E-state index contributed by atoms with van der Waals surface area (Å²) < 4.78 is 10.5. The number of nitrogens with one attached hydrogen (secondary N) is 1. The minimum atomic E-state index is -0.243. The number of nitrogens with zero attached hydrogens (tertiary/aromatic N) is 1. The van der Waals surface area contributed by atoms with E-state index < -0.39 is 0 Å². The highest BCUT2D eigenvalue weighted by Gasteiger charge is 2.34. The Morgan fingerprint density at radius 2 is 1.65 bits per heavy atom. The number of unbranched alkanes of at least 4 members (excludes halogenated alkanes) is 1. The van der Waals surface area contributed by atoms with Gasteiger partial charge in [0.05, 0.1) is 30.6 Å². The Kier molecular flexibility index (Phi) is 7.57. The van der Waals surface area contributed by atoms with Crippen molar-refractivity contribution in [2.45, 2.75) is 25.0 Å². The first-order valence-corrected chi connectivity index (χ1v) is 11.1. The molecule has 1 unspecified atom stereocenters. The average molecular weight is 443 g/mol. The van der Waals surface area contributed by atoms with Crippen molar-refractivity contribution < 1.29 is 23.9 Å². The van der Waals surface area contributed by atoms with Crippen LogP contribution in [0.25, 0.3) is 0 Å². The molecule has 0 saturated heterocycles. The predicted octanol–water partition coefficient (Wildman–Crippen LogP) is 3.84. The van der Waals surface area contributed by atoms with Crippen LogP contribution in [0.5, 0.6) is 11.5 Å². The fourth-order valence-electron chi connectivity index (χ4n) is 3.31. The molecule has 0 fully saturated rings. The lowest BCUT2D eigenvalue weighted by Gasteiger charge is -2.15. The van der Waals surface area contributed by atoms with Crippen LogP contribution in [-0.2, 0) is 4.79 Å². The molecule has 7 nitrogen and oxygen atoms in total. The third kappa shape index (κ3) is 5.19. The monoisotopic (exact) mass is 442 g/mol. The molecule has 1 atom stereocenters. The molecule has 1 aliphatic rings. The second kappa shape index (κ2) is 10.3. The molecule has 0 spiro atoms. The highest BCUT2D eigenvalue weighted by molar-refractivity contribution is 8.00. The van der Waals surface area contributed by atoms with E-state index in [1.165, 1.54) is 16.7 Å². The number of hydrogen-bond donors (Lipinski definition) is 1. The number of benzene rings is 2. The zero-order chi connectivity index (χ0) is 22.4. The maximum atomic E-state index is 12.4. The van der Waals surface area contributed by atoms with E-state index in [-0.39, 0.29) is 23.0 Å². The summed E-state index contributed by atoms with van der Waals surface area (Å²) in [6.07, 6.45) is 1.49. The van der Waals surface area contributed by atoms with Gasteiger partial charge >= 0.3 is 0 Å². The van der Waals surface area contributed by atoms with Crippen molar-refractivity contribution in [1.82, 2.24) is 4.90 Å². The Morgan fingerprint density at radius 3 is 2.26 bits per heavy atom. The van der Waals surface area contributed by atoms with Crippen LogP contribution in [-0.4, -0.2) is 54.4 Å². The first kappa shape index (κ1) is 22.7. The van der Waals surface area contributed by atoms with Crippen molar-refractivity contribution in [2.24, 2.45) is 0 Å². The number of anilines is 1. The Balaban J connectivity index is 1.40. The first-order chi connectivity index (χ1) is 15.0. The van der Waals surface area contributed by atoms with Gasteiger partial charge in [-0.2, -0.15) is 0 Å². The molecule has 3 rings (SSSR count). The molecule has 1 heterocycles. The van der Waals surface area contributed by atoms with E-state index in [1.807, 2.05) is 6.92 Å². The minimum Gasteiger partial charge on any atom is -0.493 e. The summed E-state index contributed by atoms with van der Waals surface area (Å²) >= 11 is 1.54.